The Balaban J connectivity index is 1.83. The van der Waals surface area contributed by atoms with E-state index >= 15 is 0 Å². The van der Waals surface area contributed by atoms with Crippen molar-refractivity contribution in [3.05, 3.63) is 35.5 Å². The molecule has 2 heterocycles. The summed E-state index contributed by atoms with van der Waals surface area (Å²) in [4.78, 5) is 8.37. The van der Waals surface area contributed by atoms with E-state index in [1.54, 1.807) is 6.33 Å². The van der Waals surface area contributed by atoms with Crippen LogP contribution in [0.5, 0.6) is 0 Å². The molecule has 0 aliphatic heterocycles. The average molecular weight is 243 g/mol. The van der Waals surface area contributed by atoms with Crippen molar-refractivity contribution in [1.82, 2.24) is 25.1 Å². The van der Waals surface area contributed by atoms with E-state index in [1.165, 1.54) is 18.4 Å². The molecule has 1 saturated carbocycles. The molecule has 5 heteroatoms. The predicted molar refractivity (Wildman–Crippen MR) is 68.5 cm³/mol. The van der Waals surface area contributed by atoms with Crippen LogP contribution < -0.4 is 5.32 Å². The smallest absolute Gasteiger partial charge is 0.157 e. The molecule has 2 aromatic heterocycles. The van der Waals surface area contributed by atoms with E-state index < -0.39 is 0 Å². The van der Waals surface area contributed by atoms with Gasteiger partial charge in [-0.15, -0.1) is 0 Å². The van der Waals surface area contributed by atoms with Crippen LogP contribution in [0.4, 0.5) is 0 Å². The fourth-order valence-corrected chi connectivity index (χ4v) is 1.95. The average Bonchev–Trinajstić information content (AvgIpc) is 3.11. The van der Waals surface area contributed by atoms with Gasteiger partial charge >= 0.3 is 0 Å². The molecule has 3 rings (SSSR count). The molecule has 5 nitrogen and oxygen atoms in total. The maximum Gasteiger partial charge on any atom is 0.157 e. The molecule has 0 amide bonds. The van der Waals surface area contributed by atoms with E-state index in [1.807, 2.05) is 23.9 Å². The van der Waals surface area contributed by atoms with Gasteiger partial charge in [-0.1, -0.05) is 0 Å². The highest BCUT2D eigenvalue weighted by molar-refractivity contribution is 5.28. The zero-order valence-electron chi connectivity index (χ0n) is 10.7. The number of nitrogens with zero attached hydrogens (tertiary/aromatic N) is 4. The van der Waals surface area contributed by atoms with Crippen molar-refractivity contribution in [2.45, 2.75) is 39.3 Å². The third kappa shape index (κ3) is 2.26. The number of nitrogens with one attached hydrogen (secondary N) is 1. The fourth-order valence-electron chi connectivity index (χ4n) is 1.95. The van der Waals surface area contributed by atoms with E-state index in [0.29, 0.717) is 6.04 Å². The molecule has 0 unspecified atom stereocenters. The van der Waals surface area contributed by atoms with Crippen LogP contribution >= 0.6 is 0 Å². The van der Waals surface area contributed by atoms with Crippen LogP contribution in [-0.2, 0) is 6.54 Å². The number of rotatable bonds is 4. The minimum Gasteiger partial charge on any atom is -0.310 e. The summed E-state index contributed by atoms with van der Waals surface area (Å²) in [6.45, 7) is 4.93. The second-order valence-corrected chi connectivity index (χ2v) is 4.84. The lowest BCUT2D eigenvalue weighted by Gasteiger charge is -2.05. The van der Waals surface area contributed by atoms with Gasteiger partial charge in [0.1, 0.15) is 6.33 Å². The molecule has 1 N–H and O–H groups in total. The van der Waals surface area contributed by atoms with Crippen molar-refractivity contribution in [3.63, 3.8) is 0 Å². The summed E-state index contributed by atoms with van der Waals surface area (Å²) >= 11 is 0. The Morgan fingerprint density at radius 2 is 2.17 bits per heavy atom. The van der Waals surface area contributed by atoms with Gasteiger partial charge in [0, 0.05) is 35.6 Å². The Kier molecular flexibility index (Phi) is 2.83. The second kappa shape index (κ2) is 4.49. The second-order valence-electron chi connectivity index (χ2n) is 4.84. The van der Waals surface area contributed by atoms with Crippen LogP contribution in [0.3, 0.4) is 0 Å². The van der Waals surface area contributed by atoms with Crippen molar-refractivity contribution in [3.8, 4) is 5.82 Å². The van der Waals surface area contributed by atoms with E-state index in [4.69, 9.17) is 0 Å². The van der Waals surface area contributed by atoms with Gasteiger partial charge in [0.2, 0.25) is 0 Å². The van der Waals surface area contributed by atoms with Gasteiger partial charge in [-0.25, -0.2) is 14.6 Å². The van der Waals surface area contributed by atoms with Crippen LogP contribution in [0.2, 0.25) is 0 Å². The summed E-state index contributed by atoms with van der Waals surface area (Å²) in [6.07, 6.45) is 6.10. The SMILES string of the molecule is Cc1cc(-n2ncc(CNC3CC3)c2C)ncn1. The first-order valence-electron chi connectivity index (χ1n) is 6.30. The Morgan fingerprint density at radius 3 is 2.89 bits per heavy atom. The van der Waals surface area contributed by atoms with Crippen molar-refractivity contribution >= 4 is 0 Å². The monoisotopic (exact) mass is 243 g/mol. The topological polar surface area (TPSA) is 55.6 Å². The Bertz CT molecular complexity index is 556. The normalized spacial score (nSPS) is 15.0. The first-order chi connectivity index (χ1) is 8.74. The zero-order valence-corrected chi connectivity index (χ0v) is 10.7. The molecule has 0 bridgehead atoms. The highest BCUT2D eigenvalue weighted by Crippen LogP contribution is 2.20. The van der Waals surface area contributed by atoms with Crippen molar-refractivity contribution in [2.24, 2.45) is 0 Å². The number of aryl methyl sites for hydroxylation is 1. The van der Waals surface area contributed by atoms with Gasteiger partial charge in [-0.05, 0) is 26.7 Å². The zero-order chi connectivity index (χ0) is 12.5. The standard InChI is InChI=1S/C13H17N5/c1-9-5-13(16-8-15-9)18-10(2)11(7-17-18)6-14-12-3-4-12/h5,7-8,12,14H,3-4,6H2,1-2H3. The molecule has 94 valence electrons. The Morgan fingerprint density at radius 1 is 1.33 bits per heavy atom. The van der Waals surface area contributed by atoms with E-state index in [0.717, 1.165) is 23.8 Å². The lowest BCUT2D eigenvalue weighted by Crippen LogP contribution is -2.15. The predicted octanol–water partition coefficient (Wildman–Crippen LogP) is 1.53. The molecule has 1 aliphatic carbocycles. The van der Waals surface area contributed by atoms with Gasteiger partial charge in [0.15, 0.2) is 5.82 Å². The van der Waals surface area contributed by atoms with Crippen LogP contribution in [0.15, 0.2) is 18.6 Å². The van der Waals surface area contributed by atoms with Gasteiger partial charge in [0.05, 0.1) is 6.20 Å². The van der Waals surface area contributed by atoms with Gasteiger partial charge in [-0.2, -0.15) is 5.10 Å². The van der Waals surface area contributed by atoms with Crippen LogP contribution in [-0.4, -0.2) is 25.8 Å². The summed E-state index contributed by atoms with van der Waals surface area (Å²) in [5.41, 5.74) is 3.33. The van der Waals surface area contributed by atoms with E-state index in [-0.39, 0.29) is 0 Å². The Hall–Kier alpha value is -1.75. The molecular formula is C13H17N5. The summed E-state index contributed by atoms with van der Waals surface area (Å²) in [5.74, 6) is 0.831. The number of hydrogen-bond donors (Lipinski definition) is 1. The van der Waals surface area contributed by atoms with Crippen LogP contribution in [0, 0.1) is 13.8 Å². The third-order valence-corrected chi connectivity index (χ3v) is 3.28. The minimum absolute atomic E-state index is 0.717. The quantitative estimate of drug-likeness (QED) is 0.884. The highest BCUT2D eigenvalue weighted by Gasteiger charge is 2.21. The summed E-state index contributed by atoms with van der Waals surface area (Å²) in [7, 11) is 0. The molecule has 0 saturated heterocycles. The van der Waals surface area contributed by atoms with Crippen molar-refractivity contribution in [2.75, 3.05) is 0 Å². The molecule has 1 fully saturated rings. The fraction of sp³-hybridized carbons (Fsp3) is 0.462. The molecule has 0 radical (unpaired) electrons. The van der Waals surface area contributed by atoms with Gasteiger partial charge in [-0.3, -0.25) is 0 Å². The Labute approximate surface area is 106 Å². The lowest BCUT2D eigenvalue weighted by atomic mass is 10.2. The van der Waals surface area contributed by atoms with Gasteiger partial charge in [0.25, 0.3) is 0 Å². The lowest BCUT2D eigenvalue weighted by molar-refractivity contribution is 0.683. The van der Waals surface area contributed by atoms with Crippen LogP contribution in [0.1, 0.15) is 29.8 Å². The maximum absolute atomic E-state index is 4.41. The number of aromatic nitrogens is 4. The first-order valence-corrected chi connectivity index (χ1v) is 6.30. The molecular weight excluding hydrogens is 226 g/mol. The summed E-state index contributed by atoms with van der Waals surface area (Å²) < 4.78 is 1.87. The molecule has 18 heavy (non-hydrogen) atoms. The van der Waals surface area contributed by atoms with Crippen molar-refractivity contribution < 1.29 is 0 Å². The maximum atomic E-state index is 4.41. The molecule has 0 spiro atoms. The molecule has 0 atom stereocenters. The molecule has 1 aliphatic rings. The molecule has 0 aromatic carbocycles. The first kappa shape index (κ1) is 11.3. The summed E-state index contributed by atoms with van der Waals surface area (Å²) in [6, 6.07) is 2.66. The highest BCUT2D eigenvalue weighted by atomic mass is 15.3. The largest absolute Gasteiger partial charge is 0.310 e. The van der Waals surface area contributed by atoms with E-state index in [9.17, 15) is 0 Å². The van der Waals surface area contributed by atoms with Crippen molar-refractivity contribution in [1.29, 1.82) is 0 Å². The molecule has 2 aromatic rings. The van der Waals surface area contributed by atoms with Gasteiger partial charge < -0.3 is 5.32 Å². The van der Waals surface area contributed by atoms with E-state index in [2.05, 4.69) is 27.3 Å². The third-order valence-electron chi connectivity index (χ3n) is 3.28. The summed E-state index contributed by atoms with van der Waals surface area (Å²) in [5, 5.41) is 7.92. The van der Waals surface area contributed by atoms with Crippen LogP contribution in [0.25, 0.3) is 5.82 Å². The number of hydrogen-bond acceptors (Lipinski definition) is 4. The minimum atomic E-state index is 0.717.